The van der Waals surface area contributed by atoms with Gasteiger partial charge in [0.1, 0.15) is 11.6 Å². The summed E-state index contributed by atoms with van der Waals surface area (Å²) in [6.07, 6.45) is 1.77. The molecule has 100 valence electrons. The molecule has 2 aromatic rings. The molecule has 0 spiro atoms. The summed E-state index contributed by atoms with van der Waals surface area (Å²) in [7, 11) is 0. The Bertz CT molecular complexity index is 685. The van der Waals surface area contributed by atoms with Crippen molar-refractivity contribution < 1.29 is 4.79 Å². The molecule has 3 rings (SSSR count). The molecule has 6 nitrogen and oxygen atoms in total. The maximum absolute atomic E-state index is 12.0. The summed E-state index contributed by atoms with van der Waals surface area (Å²) < 4.78 is 1.61. The molecule has 0 radical (unpaired) electrons. The highest BCUT2D eigenvalue weighted by atomic mass is 16.2. The fourth-order valence-corrected chi connectivity index (χ4v) is 2.38. The van der Waals surface area contributed by atoms with E-state index in [1.165, 1.54) is 6.20 Å². The Hall–Kier alpha value is -2.65. The highest BCUT2D eigenvalue weighted by Gasteiger charge is 2.32. The lowest BCUT2D eigenvalue weighted by molar-refractivity contribution is -0.117. The van der Waals surface area contributed by atoms with E-state index in [-0.39, 0.29) is 11.9 Å². The van der Waals surface area contributed by atoms with Crippen LogP contribution < -0.4 is 10.6 Å². The molecule has 0 aliphatic carbocycles. The van der Waals surface area contributed by atoms with Crippen LogP contribution in [0.1, 0.15) is 12.0 Å². The lowest BCUT2D eigenvalue weighted by Crippen LogP contribution is -2.30. The smallest absolute Gasteiger partial charge is 0.229 e. The molecule has 1 amide bonds. The molecule has 1 aliphatic rings. The van der Waals surface area contributed by atoms with Crippen molar-refractivity contribution in [1.82, 2.24) is 9.78 Å². The Kier molecular flexibility index (Phi) is 2.97. The Morgan fingerprint density at radius 3 is 2.70 bits per heavy atom. The average molecular weight is 267 g/mol. The standard InChI is InChI=1S/C14H13N5O/c15-7-10-8-17-19(12-4-2-1-3-5-12)14(10)18-9-11(16)6-13(18)20/h1-5,8,11H,6,9,16H2. The van der Waals surface area contributed by atoms with Crippen LogP contribution in [0.3, 0.4) is 0 Å². The number of benzene rings is 1. The number of hydrogen-bond acceptors (Lipinski definition) is 4. The van der Waals surface area contributed by atoms with E-state index in [1.54, 1.807) is 9.58 Å². The maximum atomic E-state index is 12.0. The van der Waals surface area contributed by atoms with E-state index in [2.05, 4.69) is 11.2 Å². The summed E-state index contributed by atoms with van der Waals surface area (Å²) in [5.41, 5.74) is 7.00. The van der Waals surface area contributed by atoms with Gasteiger partial charge in [-0.3, -0.25) is 9.69 Å². The van der Waals surface area contributed by atoms with Crippen LogP contribution in [0.4, 0.5) is 5.82 Å². The zero-order chi connectivity index (χ0) is 14.1. The van der Waals surface area contributed by atoms with Crippen molar-refractivity contribution >= 4 is 11.7 Å². The third kappa shape index (κ3) is 1.94. The largest absolute Gasteiger partial charge is 0.326 e. The number of anilines is 1. The number of hydrogen-bond donors (Lipinski definition) is 1. The second-order valence-electron chi connectivity index (χ2n) is 4.71. The number of rotatable bonds is 2. The van der Waals surface area contributed by atoms with Crippen LogP contribution in [0.25, 0.3) is 5.69 Å². The molecule has 0 saturated carbocycles. The normalized spacial score (nSPS) is 18.3. The van der Waals surface area contributed by atoms with E-state index >= 15 is 0 Å². The summed E-state index contributed by atoms with van der Waals surface area (Å²) in [5.74, 6) is 0.420. The quantitative estimate of drug-likeness (QED) is 0.872. The van der Waals surface area contributed by atoms with Crippen molar-refractivity contribution in [2.75, 3.05) is 11.4 Å². The Balaban J connectivity index is 2.12. The van der Waals surface area contributed by atoms with Crippen molar-refractivity contribution in [3.63, 3.8) is 0 Å². The number of carbonyl (C=O) groups excluding carboxylic acids is 1. The molecule has 1 aromatic heterocycles. The van der Waals surface area contributed by atoms with Gasteiger partial charge in [-0.15, -0.1) is 0 Å². The maximum Gasteiger partial charge on any atom is 0.229 e. The van der Waals surface area contributed by atoms with Gasteiger partial charge in [0.2, 0.25) is 5.91 Å². The number of nitrogens with zero attached hydrogens (tertiary/aromatic N) is 4. The van der Waals surface area contributed by atoms with E-state index < -0.39 is 0 Å². The molecular formula is C14H13N5O. The Morgan fingerprint density at radius 2 is 2.10 bits per heavy atom. The van der Waals surface area contributed by atoms with E-state index in [1.807, 2.05) is 30.3 Å². The van der Waals surface area contributed by atoms with Crippen LogP contribution in [-0.4, -0.2) is 28.3 Å². The van der Waals surface area contributed by atoms with Gasteiger partial charge in [0.05, 0.1) is 11.9 Å². The predicted octanol–water partition coefficient (Wildman–Crippen LogP) is 0.808. The number of carbonyl (C=O) groups is 1. The molecule has 20 heavy (non-hydrogen) atoms. The van der Waals surface area contributed by atoms with Gasteiger partial charge in [0, 0.05) is 19.0 Å². The van der Waals surface area contributed by atoms with Crippen LogP contribution in [0.5, 0.6) is 0 Å². The number of aromatic nitrogens is 2. The zero-order valence-corrected chi connectivity index (χ0v) is 10.7. The lowest BCUT2D eigenvalue weighted by Gasteiger charge is -2.18. The SMILES string of the molecule is N#Cc1cnn(-c2ccccc2)c1N1CC(N)CC1=O. The number of nitrogens with two attached hydrogens (primary N) is 1. The Morgan fingerprint density at radius 1 is 1.35 bits per heavy atom. The van der Waals surface area contributed by atoms with Gasteiger partial charge >= 0.3 is 0 Å². The third-order valence-corrected chi connectivity index (χ3v) is 3.28. The second-order valence-corrected chi connectivity index (χ2v) is 4.71. The van der Waals surface area contributed by atoms with Gasteiger partial charge in [-0.1, -0.05) is 18.2 Å². The van der Waals surface area contributed by atoms with Crippen molar-refractivity contribution in [1.29, 1.82) is 5.26 Å². The predicted molar refractivity (Wildman–Crippen MR) is 73.2 cm³/mol. The fraction of sp³-hybridized carbons (Fsp3) is 0.214. The van der Waals surface area contributed by atoms with Crippen molar-refractivity contribution in [2.45, 2.75) is 12.5 Å². The van der Waals surface area contributed by atoms with Crippen LogP contribution in [0.2, 0.25) is 0 Å². The molecule has 2 heterocycles. The summed E-state index contributed by atoms with van der Waals surface area (Å²) in [6.45, 7) is 0.409. The highest BCUT2D eigenvalue weighted by molar-refractivity contribution is 5.96. The minimum absolute atomic E-state index is 0.0771. The van der Waals surface area contributed by atoms with Gasteiger partial charge in [-0.25, -0.2) is 4.68 Å². The molecule has 0 bridgehead atoms. The first-order valence-corrected chi connectivity index (χ1v) is 6.30. The summed E-state index contributed by atoms with van der Waals surface area (Å²) in [6, 6.07) is 11.3. The third-order valence-electron chi connectivity index (χ3n) is 3.28. The summed E-state index contributed by atoms with van der Waals surface area (Å²) >= 11 is 0. The molecule has 1 aromatic carbocycles. The van der Waals surface area contributed by atoms with Crippen LogP contribution in [-0.2, 0) is 4.79 Å². The van der Waals surface area contributed by atoms with Crippen LogP contribution in [0, 0.1) is 11.3 Å². The first kappa shape index (κ1) is 12.4. The lowest BCUT2D eigenvalue weighted by atomic mass is 10.3. The van der Waals surface area contributed by atoms with Crippen LogP contribution >= 0.6 is 0 Å². The van der Waals surface area contributed by atoms with Crippen molar-refractivity contribution in [2.24, 2.45) is 5.73 Å². The minimum Gasteiger partial charge on any atom is -0.326 e. The summed E-state index contributed by atoms with van der Waals surface area (Å²) in [5, 5.41) is 13.4. The first-order chi connectivity index (χ1) is 9.70. The number of nitriles is 1. The van der Waals surface area contributed by atoms with Gasteiger partial charge in [0.15, 0.2) is 5.82 Å². The Labute approximate surface area is 116 Å². The summed E-state index contributed by atoms with van der Waals surface area (Å²) in [4.78, 5) is 13.6. The van der Waals surface area contributed by atoms with Crippen molar-refractivity contribution in [3.05, 3.63) is 42.1 Å². The highest BCUT2D eigenvalue weighted by Crippen LogP contribution is 2.27. The minimum atomic E-state index is -0.201. The number of para-hydroxylation sites is 1. The van der Waals surface area contributed by atoms with Gasteiger partial charge < -0.3 is 5.73 Å². The average Bonchev–Trinajstić information content (AvgIpc) is 3.02. The second kappa shape index (κ2) is 4.79. The monoisotopic (exact) mass is 267 g/mol. The molecule has 2 N–H and O–H groups in total. The molecule has 1 unspecified atom stereocenters. The zero-order valence-electron chi connectivity index (χ0n) is 10.7. The molecule has 6 heteroatoms. The van der Waals surface area contributed by atoms with E-state index in [4.69, 9.17) is 5.73 Å². The van der Waals surface area contributed by atoms with E-state index in [0.717, 1.165) is 5.69 Å². The molecule has 1 atom stereocenters. The molecule has 1 saturated heterocycles. The van der Waals surface area contributed by atoms with Crippen LogP contribution in [0.15, 0.2) is 36.5 Å². The van der Waals surface area contributed by atoms with Gasteiger partial charge in [0.25, 0.3) is 0 Å². The van der Waals surface area contributed by atoms with E-state index in [0.29, 0.717) is 24.3 Å². The van der Waals surface area contributed by atoms with Crippen molar-refractivity contribution in [3.8, 4) is 11.8 Å². The molecule has 1 fully saturated rings. The first-order valence-electron chi connectivity index (χ1n) is 6.30. The topological polar surface area (TPSA) is 87.9 Å². The molecule has 1 aliphatic heterocycles. The van der Waals surface area contributed by atoms with Gasteiger partial charge in [-0.2, -0.15) is 10.4 Å². The molecular weight excluding hydrogens is 254 g/mol. The van der Waals surface area contributed by atoms with Gasteiger partial charge in [-0.05, 0) is 12.1 Å². The fourth-order valence-electron chi connectivity index (χ4n) is 2.38. The van der Waals surface area contributed by atoms with E-state index in [9.17, 15) is 10.1 Å². The number of amides is 1.